The number of amides is 2. The second kappa shape index (κ2) is 10.6. The summed E-state index contributed by atoms with van der Waals surface area (Å²) in [6, 6.07) is 11.4. The molecule has 1 unspecified atom stereocenters. The zero-order chi connectivity index (χ0) is 22.4. The summed E-state index contributed by atoms with van der Waals surface area (Å²) in [5.74, 6) is 0.197. The quantitative estimate of drug-likeness (QED) is 0.704. The maximum atomic E-state index is 13.3. The number of nitrogens with one attached hydrogen (secondary N) is 1. The Bertz CT molecular complexity index is 915. The molecular weight excluding hydrogens is 421 g/mol. The first-order valence-corrected chi connectivity index (χ1v) is 10.7. The number of benzene rings is 2. The van der Waals surface area contributed by atoms with E-state index >= 15 is 0 Å². The molecule has 0 radical (unpaired) electrons. The number of ether oxygens (including phenoxy) is 1. The molecule has 1 N–H and O–H groups in total. The predicted octanol–water partition coefficient (Wildman–Crippen LogP) is 3.59. The van der Waals surface area contributed by atoms with E-state index < -0.39 is 5.82 Å². The molecule has 31 heavy (non-hydrogen) atoms. The zero-order valence-electron chi connectivity index (χ0n) is 17.7. The molecular formula is C23H27ClFN3O3. The van der Waals surface area contributed by atoms with E-state index in [1.54, 1.807) is 7.11 Å². The van der Waals surface area contributed by atoms with Crippen LogP contribution in [0.4, 0.5) is 10.1 Å². The van der Waals surface area contributed by atoms with Gasteiger partial charge in [-0.05, 0) is 49.2 Å². The van der Waals surface area contributed by atoms with Crippen molar-refractivity contribution in [1.29, 1.82) is 0 Å². The summed E-state index contributed by atoms with van der Waals surface area (Å²) in [7, 11) is 1.63. The Morgan fingerprint density at radius 2 is 1.81 bits per heavy atom. The summed E-state index contributed by atoms with van der Waals surface area (Å²) in [6.45, 7) is 4.23. The van der Waals surface area contributed by atoms with Crippen LogP contribution in [0.25, 0.3) is 0 Å². The molecule has 1 aliphatic heterocycles. The van der Waals surface area contributed by atoms with E-state index in [0.717, 1.165) is 11.3 Å². The summed E-state index contributed by atoms with van der Waals surface area (Å²) < 4.78 is 18.4. The minimum absolute atomic E-state index is 0.0350. The average Bonchev–Trinajstić information content (AvgIpc) is 2.79. The number of hydrogen-bond donors (Lipinski definition) is 1. The molecule has 1 saturated heterocycles. The predicted molar refractivity (Wildman–Crippen MR) is 119 cm³/mol. The van der Waals surface area contributed by atoms with Gasteiger partial charge in [-0.15, -0.1) is 0 Å². The Morgan fingerprint density at radius 3 is 2.42 bits per heavy atom. The molecule has 3 rings (SSSR count). The highest BCUT2D eigenvalue weighted by atomic mass is 35.5. The van der Waals surface area contributed by atoms with E-state index in [1.807, 2.05) is 41.0 Å². The van der Waals surface area contributed by atoms with Crippen LogP contribution in [0.1, 0.15) is 18.9 Å². The van der Waals surface area contributed by atoms with E-state index in [9.17, 15) is 14.0 Å². The van der Waals surface area contributed by atoms with Crippen molar-refractivity contribution in [3.8, 4) is 5.75 Å². The van der Waals surface area contributed by atoms with E-state index in [1.165, 1.54) is 18.2 Å². The second-order valence-electron chi connectivity index (χ2n) is 7.56. The van der Waals surface area contributed by atoms with Crippen molar-refractivity contribution in [3.63, 3.8) is 0 Å². The van der Waals surface area contributed by atoms with Crippen molar-refractivity contribution >= 4 is 29.1 Å². The molecule has 0 bridgehead atoms. The van der Waals surface area contributed by atoms with Crippen LogP contribution in [-0.4, -0.2) is 60.9 Å². The summed E-state index contributed by atoms with van der Waals surface area (Å²) >= 11 is 5.77. The summed E-state index contributed by atoms with van der Waals surface area (Å²) in [4.78, 5) is 29.0. The van der Waals surface area contributed by atoms with Gasteiger partial charge in [-0.3, -0.25) is 14.5 Å². The maximum Gasteiger partial charge on any atom is 0.241 e. The van der Waals surface area contributed by atoms with Gasteiger partial charge >= 0.3 is 0 Å². The number of carbonyl (C=O) groups is 2. The van der Waals surface area contributed by atoms with Crippen LogP contribution < -0.4 is 10.1 Å². The number of anilines is 1. The van der Waals surface area contributed by atoms with Gasteiger partial charge in [0, 0.05) is 38.3 Å². The highest BCUT2D eigenvalue weighted by molar-refractivity contribution is 6.31. The van der Waals surface area contributed by atoms with Crippen LogP contribution in [0.2, 0.25) is 5.02 Å². The Morgan fingerprint density at radius 1 is 1.13 bits per heavy atom. The van der Waals surface area contributed by atoms with Crippen LogP contribution in [0.15, 0.2) is 42.5 Å². The molecule has 2 amide bonds. The Hall–Kier alpha value is -2.64. The summed E-state index contributed by atoms with van der Waals surface area (Å²) in [6.07, 6.45) is 1.13. The largest absolute Gasteiger partial charge is 0.497 e. The lowest BCUT2D eigenvalue weighted by molar-refractivity contribution is -0.133. The van der Waals surface area contributed by atoms with Crippen molar-refractivity contribution in [2.24, 2.45) is 0 Å². The molecule has 1 atom stereocenters. The van der Waals surface area contributed by atoms with Gasteiger partial charge in [-0.1, -0.05) is 23.7 Å². The first-order valence-electron chi connectivity index (χ1n) is 10.3. The Balaban J connectivity index is 1.44. The van der Waals surface area contributed by atoms with Crippen molar-refractivity contribution in [2.45, 2.75) is 25.8 Å². The van der Waals surface area contributed by atoms with E-state index in [0.29, 0.717) is 44.7 Å². The fraction of sp³-hybridized carbons (Fsp3) is 0.391. The summed E-state index contributed by atoms with van der Waals surface area (Å²) in [5, 5.41) is 2.73. The SMILES string of the molecule is COc1ccc(CCC(=O)N2CCN(C(C)C(=O)Nc3ccc(F)c(Cl)c3)CC2)cc1. The fourth-order valence-corrected chi connectivity index (χ4v) is 3.73. The van der Waals surface area contributed by atoms with Crippen LogP contribution in [0.3, 0.4) is 0 Å². The number of piperazine rings is 1. The van der Waals surface area contributed by atoms with Gasteiger partial charge in [-0.25, -0.2) is 4.39 Å². The monoisotopic (exact) mass is 447 g/mol. The molecule has 6 nitrogen and oxygen atoms in total. The lowest BCUT2D eigenvalue weighted by atomic mass is 10.1. The molecule has 8 heteroatoms. The minimum Gasteiger partial charge on any atom is -0.497 e. The average molecular weight is 448 g/mol. The van der Waals surface area contributed by atoms with Gasteiger partial charge in [0.2, 0.25) is 11.8 Å². The smallest absolute Gasteiger partial charge is 0.241 e. The van der Waals surface area contributed by atoms with Crippen molar-refractivity contribution in [1.82, 2.24) is 9.80 Å². The molecule has 166 valence electrons. The number of aryl methyl sites for hydroxylation is 1. The number of methoxy groups -OCH3 is 1. The molecule has 0 spiro atoms. The van der Waals surface area contributed by atoms with E-state index in [2.05, 4.69) is 5.32 Å². The first-order chi connectivity index (χ1) is 14.9. The van der Waals surface area contributed by atoms with Gasteiger partial charge in [0.25, 0.3) is 0 Å². The van der Waals surface area contributed by atoms with Gasteiger partial charge < -0.3 is 15.0 Å². The first kappa shape index (κ1) is 23.0. The molecule has 0 aromatic heterocycles. The molecule has 1 heterocycles. The summed E-state index contributed by atoms with van der Waals surface area (Å²) in [5.41, 5.74) is 1.55. The van der Waals surface area contributed by atoms with E-state index in [-0.39, 0.29) is 22.9 Å². The maximum absolute atomic E-state index is 13.3. The number of hydrogen-bond acceptors (Lipinski definition) is 4. The highest BCUT2D eigenvalue weighted by Gasteiger charge is 2.27. The lowest BCUT2D eigenvalue weighted by Crippen LogP contribution is -2.54. The minimum atomic E-state index is -0.527. The number of halogens is 2. The molecule has 1 fully saturated rings. The fourth-order valence-electron chi connectivity index (χ4n) is 3.55. The molecule has 0 saturated carbocycles. The lowest BCUT2D eigenvalue weighted by Gasteiger charge is -2.37. The van der Waals surface area contributed by atoms with Gasteiger partial charge in [-0.2, -0.15) is 0 Å². The zero-order valence-corrected chi connectivity index (χ0v) is 18.5. The molecule has 2 aromatic rings. The van der Waals surface area contributed by atoms with Crippen LogP contribution in [0.5, 0.6) is 5.75 Å². The second-order valence-corrected chi connectivity index (χ2v) is 7.97. The van der Waals surface area contributed by atoms with E-state index in [4.69, 9.17) is 16.3 Å². The molecule has 0 aliphatic carbocycles. The van der Waals surface area contributed by atoms with Crippen molar-refractivity contribution < 1.29 is 18.7 Å². The molecule has 1 aliphatic rings. The van der Waals surface area contributed by atoms with Crippen LogP contribution >= 0.6 is 11.6 Å². The van der Waals surface area contributed by atoms with Crippen LogP contribution in [-0.2, 0) is 16.0 Å². The third-order valence-electron chi connectivity index (χ3n) is 5.57. The standard InChI is InChI=1S/C23H27ClFN3O3/c1-16(23(30)26-18-6-9-21(25)20(24)15-18)27-11-13-28(14-12-27)22(29)10-5-17-3-7-19(31-2)8-4-17/h3-4,6-9,15-16H,5,10-14H2,1-2H3,(H,26,30). The van der Waals surface area contributed by atoms with Crippen LogP contribution in [0, 0.1) is 5.82 Å². The Labute approximate surface area is 186 Å². The third kappa shape index (κ3) is 6.18. The third-order valence-corrected chi connectivity index (χ3v) is 5.86. The van der Waals surface area contributed by atoms with Gasteiger partial charge in [0.05, 0.1) is 18.2 Å². The van der Waals surface area contributed by atoms with Crippen molar-refractivity contribution in [3.05, 3.63) is 58.9 Å². The molecule has 2 aromatic carbocycles. The highest BCUT2D eigenvalue weighted by Crippen LogP contribution is 2.20. The Kier molecular flexibility index (Phi) is 7.87. The van der Waals surface area contributed by atoms with Crippen molar-refractivity contribution in [2.75, 3.05) is 38.6 Å². The number of nitrogens with zero attached hydrogens (tertiary/aromatic N) is 2. The normalized spacial score (nSPS) is 15.4. The number of rotatable bonds is 7. The van der Waals surface area contributed by atoms with Gasteiger partial charge in [0.15, 0.2) is 0 Å². The topological polar surface area (TPSA) is 61.9 Å². The number of carbonyl (C=O) groups excluding carboxylic acids is 2. The van der Waals surface area contributed by atoms with Gasteiger partial charge in [0.1, 0.15) is 11.6 Å².